The topological polar surface area (TPSA) is 12.0 Å². The maximum atomic E-state index is 3.19. The molecule has 0 aromatic carbocycles. The van der Waals surface area contributed by atoms with Gasteiger partial charge in [-0.3, -0.25) is 0 Å². The summed E-state index contributed by atoms with van der Waals surface area (Å²) in [7, 11) is 2.02. The summed E-state index contributed by atoms with van der Waals surface area (Å²) in [5.74, 6) is 0.954. The number of hydrogen-bond donors (Lipinski definition) is 1. The highest BCUT2D eigenvalue weighted by atomic mass is 14.9. The summed E-state index contributed by atoms with van der Waals surface area (Å²) >= 11 is 0. The number of hydrogen-bond acceptors (Lipinski definition) is 1. The van der Waals surface area contributed by atoms with Crippen LogP contribution in [-0.2, 0) is 0 Å². The van der Waals surface area contributed by atoms with Crippen molar-refractivity contribution in [2.24, 2.45) is 5.92 Å². The van der Waals surface area contributed by atoms with Gasteiger partial charge in [0.25, 0.3) is 0 Å². The molecule has 6 heavy (non-hydrogen) atoms. The molecule has 0 spiro atoms. The lowest BCUT2D eigenvalue weighted by molar-refractivity contribution is 0.747. The Kier molecular flexibility index (Phi) is 0.845. The molecule has 1 aliphatic carbocycles. The molecule has 0 radical (unpaired) electrons. The van der Waals surface area contributed by atoms with Crippen molar-refractivity contribution in [3.05, 3.63) is 0 Å². The minimum Gasteiger partial charge on any atom is -0.317 e. The van der Waals surface area contributed by atoms with Crippen molar-refractivity contribution in [1.82, 2.24) is 5.32 Å². The van der Waals surface area contributed by atoms with Gasteiger partial charge in [-0.2, -0.15) is 0 Å². The molecule has 2 atom stereocenters. The fraction of sp³-hybridized carbons (Fsp3) is 1.00. The number of nitrogens with one attached hydrogen (secondary N) is 1. The largest absolute Gasteiger partial charge is 0.317 e. The summed E-state index contributed by atoms with van der Waals surface area (Å²) in [5, 5.41) is 3.19. The van der Waals surface area contributed by atoms with Gasteiger partial charge in [0.05, 0.1) is 0 Å². The monoisotopic (exact) mass is 85.1 g/mol. The fourth-order valence-electron chi connectivity index (χ4n) is 0.724. The molecule has 1 rings (SSSR count). The van der Waals surface area contributed by atoms with Gasteiger partial charge < -0.3 is 5.32 Å². The third-order valence-corrected chi connectivity index (χ3v) is 1.48. The van der Waals surface area contributed by atoms with Crippen molar-refractivity contribution in [3.63, 3.8) is 0 Å². The van der Waals surface area contributed by atoms with Gasteiger partial charge in [0.2, 0.25) is 0 Å². The molecule has 1 heteroatoms. The van der Waals surface area contributed by atoms with E-state index < -0.39 is 0 Å². The third kappa shape index (κ3) is 0.548. The SMILES string of the molecule is CN[C@H]1C[C@H]1C. The van der Waals surface area contributed by atoms with Gasteiger partial charge in [0, 0.05) is 6.04 Å². The van der Waals surface area contributed by atoms with Crippen molar-refractivity contribution >= 4 is 0 Å². The molecule has 0 heterocycles. The minimum absolute atomic E-state index is 0.852. The van der Waals surface area contributed by atoms with E-state index in [0.717, 1.165) is 12.0 Å². The van der Waals surface area contributed by atoms with Crippen LogP contribution in [0.5, 0.6) is 0 Å². The molecule has 0 aromatic rings. The molecule has 0 aliphatic heterocycles. The Bertz CT molecular complexity index is 49.9. The van der Waals surface area contributed by atoms with Gasteiger partial charge in [-0.15, -0.1) is 0 Å². The summed E-state index contributed by atoms with van der Waals surface area (Å²) in [4.78, 5) is 0. The Labute approximate surface area is 38.7 Å². The molecule has 0 bridgehead atoms. The summed E-state index contributed by atoms with van der Waals surface area (Å²) in [6.45, 7) is 2.27. The average molecular weight is 85.1 g/mol. The Balaban J connectivity index is 2.09. The van der Waals surface area contributed by atoms with E-state index in [-0.39, 0.29) is 0 Å². The lowest BCUT2D eigenvalue weighted by Gasteiger charge is -1.84. The number of rotatable bonds is 1. The van der Waals surface area contributed by atoms with Crippen LogP contribution in [0.25, 0.3) is 0 Å². The van der Waals surface area contributed by atoms with Crippen molar-refractivity contribution in [2.45, 2.75) is 19.4 Å². The molecule has 1 N–H and O–H groups in total. The van der Waals surface area contributed by atoms with Crippen LogP contribution in [-0.4, -0.2) is 13.1 Å². The van der Waals surface area contributed by atoms with Crippen molar-refractivity contribution in [3.8, 4) is 0 Å². The summed E-state index contributed by atoms with van der Waals surface area (Å²) in [5.41, 5.74) is 0. The van der Waals surface area contributed by atoms with Gasteiger partial charge in [0.1, 0.15) is 0 Å². The van der Waals surface area contributed by atoms with Gasteiger partial charge in [-0.05, 0) is 19.4 Å². The molecule has 0 aromatic heterocycles. The first kappa shape index (κ1) is 4.13. The molecule has 1 fully saturated rings. The first-order chi connectivity index (χ1) is 2.84. The van der Waals surface area contributed by atoms with E-state index in [4.69, 9.17) is 0 Å². The van der Waals surface area contributed by atoms with Crippen molar-refractivity contribution in [1.29, 1.82) is 0 Å². The van der Waals surface area contributed by atoms with E-state index in [0.29, 0.717) is 0 Å². The lowest BCUT2D eigenvalue weighted by Crippen LogP contribution is -2.09. The van der Waals surface area contributed by atoms with E-state index in [9.17, 15) is 0 Å². The predicted molar refractivity (Wildman–Crippen MR) is 26.6 cm³/mol. The average Bonchev–Trinajstić information content (AvgIpc) is 2.19. The summed E-state index contributed by atoms with van der Waals surface area (Å²) < 4.78 is 0. The van der Waals surface area contributed by atoms with Gasteiger partial charge in [0.15, 0.2) is 0 Å². The second-order valence-electron chi connectivity index (χ2n) is 2.11. The molecule has 1 saturated carbocycles. The van der Waals surface area contributed by atoms with Gasteiger partial charge >= 0.3 is 0 Å². The van der Waals surface area contributed by atoms with Crippen LogP contribution >= 0.6 is 0 Å². The minimum atomic E-state index is 0.852. The van der Waals surface area contributed by atoms with E-state index >= 15 is 0 Å². The Morgan fingerprint density at radius 1 is 1.67 bits per heavy atom. The zero-order chi connectivity index (χ0) is 4.57. The first-order valence-electron chi connectivity index (χ1n) is 2.52. The van der Waals surface area contributed by atoms with E-state index in [2.05, 4.69) is 12.2 Å². The summed E-state index contributed by atoms with van der Waals surface area (Å²) in [6, 6.07) is 0.852. The van der Waals surface area contributed by atoms with Crippen LogP contribution < -0.4 is 5.32 Å². The van der Waals surface area contributed by atoms with Crippen molar-refractivity contribution in [2.75, 3.05) is 7.05 Å². The smallest absolute Gasteiger partial charge is 0.00933 e. The molecular weight excluding hydrogens is 74.1 g/mol. The Hall–Kier alpha value is -0.0400. The standard InChI is InChI=1S/C5H11N/c1-4-3-5(4)6-2/h4-6H,3H2,1-2H3/t4-,5+/m1/s1. The molecule has 0 unspecified atom stereocenters. The first-order valence-corrected chi connectivity index (χ1v) is 2.52. The molecule has 0 saturated heterocycles. The van der Waals surface area contributed by atoms with Gasteiger partial charge in [-0.25, -0.2) is 0 Å². The predicted octanol–water partition coefficient (Wildman–Crippen LogP) is 0.614. The van der Waals surface area contributed by atoms with Gasteiger partial charge in [-0.1, -0.05) is 6.92 Å². The molecule has 36 valence electrons. The Morgan fingerprint density at radius 3 is 2.17 bits per heavy atom. The van der Waals surface area contributed by atoms with Crippen molar-refractivity contribution < 1.29 is 0 Å². The quantitative estimate of drug-likeness (QED) is 0.492. The van der Waals surface area contributed by atoms with E-state index in [1.54, 1.807) is 0 Å². The Morgan fingerprint density at radius 2 is 2.17 bits per heavy atom. The van der Waals surface area contributed by atoms with E-state index in [1.807, 2.05) is 7.05 Å². The molecular formula is C5H11N. The van der Waals surface area contributed by atoms with Crippen LogP contribution in [0, 0.1) is 5.92 Å². The normalized spacial score (nSPS) is 43.0. The summed E-state index contributed by atoms with van der Waals surface area (Å²) in [6.07, 6.45) is 1.39. The molecule has 1 nitrogen and oxygen atoms in total. The zero-order valence-electron chi connectivity index (χ0n) is 4.36. The maximum Gasteiger partial charge on any atom is 0.00933 e. The fourth-order valence-corrected chi connectivity index (χ4v) is 0.724. The second-order valence-corrected chi connectivity index (χ2v) is 2.11. The van der Waals surface area contributed by atoms with Crippen LogP contribution in [0.3, 0.4) is 0 Å². The second kappa shape index (κ2) is 1.23. The lowest BCUT2D eigenvalue weighted by atomic mass is 10.5. The van der Waals surface area contributed by atoms with Crippen LogP contribution in [0.15, 0.2) is 0 Å². The van der Waals surface area contributed by atoms with Crippen LogP contribution in [0.1, 0.15) is 13.3 Å². The molecule has 1 aliphatic rings. The third-order valence-electron chi connectivity index (χ3n) is 1.48. The van der Waals surface area contributed by atoms with Crippen LogP contribution in [0.4, 0.5) is 0 Å². The molecule has 0 amide bonds. The highest BCUT2D eigenvalue weighted by molar-refractivity contribution is 4.87. The zero-order valence-corrected chi connectivity index (χ0v) is 4.36. The highest BCUT2D eigenvalue weighted by Gasteiger charge is 2.29. The maximum absolute atomic E-state index is 3.19. The highest BCUT2D eigenvalue weighted by Crippen LogP contribution is 2.27. The van der Waals surface area contributed by atoms with E-state index in [1.165, 1.54) is 6.42 Å². The van der Waals surface area contributed by atoms with Crippen LogP contribution in [0.2, 0.25) is 0 Å².